The second kappa shape index (κ2) is 6.18. The molecule has 0 amide bonds. The lowest BCUT2D eigenvalue weighted by Gasteiger charge is -1.99. The summed E-state index contributed by atoms with van der Waals surface area (Å²) < 4.78 is 2.03. The van der Waals surface area contributed by atoms with E-state index < -0.39 is 0 Å². The molecular weight excluding hydrogens is 231 g/mol. The van der Waals surface area contributed by atoms with E-state index in [1.54, 1.807) is 12.1 Å². The van der Waals surface area contributed by atoms with Crippen LogP contribution in [0.1, 0.15) is 29.8 Å². The molecule has 2 rings (SSSR count). The number of rotatable bonds is 2. The standard InChI is InChI=1S/C11H9N2OP.C2H6/c1-15-13-6-9(7-14)10-4-8(5-12)2-3-11(10)13;1-2/h2-4,6-7,15H,1H3;1-2H3. The molecule has 0 N–H and O–H groups in total. The van der Waals surface area contributed by atoms with Crippen LogP contribution in [0.5, 0.6) is 0 Å². The highest BCUT2D eigenvalue weighted by Gasteiger charge is 2.07. The van der Waals surface area contributed by atoms with E-state index in [0.29, 0.717) is 19.9 Å². The Balaban J connectivity index is 0.000000686. The van der Waals surface area contributed by atoms with E-state index in [1.165, 1.54) is 0 Å². The van der Waals surface area contributed by atoms with Crippen LogP contribution >= 0.6 is 8.73 Å². The van der Waals surface area contributed by atoms with Gasteiger partial charge in [0.15, 0.2) is 6.29 Å². The van der Waals surface area contributed by atoms with Crippen molar-refractivity contribution in [1.29, 1.82) is 5.26 Å². The van der Waals surface area contributed by atoms with Crippen LogP contribution in [0.25, 0.3) is 10.9 Å². The van der Waals surface area contributed by atoms with Crippen LogP contribution in [-0.2, 0) is 0 Å². The lowest BCUT2D eigenvalue weighted by molar-refractivity contribution is 0.112. The number of benzene rings is 1. The number of carbonyl (C=O) groups is 1. The number of fused-ring (bicyclic) bond motifs is 1. The van der Waals surface area contributed by atoms with Crippen molar-refractivity contribution in [3.05, 3.63) is 35.5 Å². The number of nitrogens with zero attached hydrogens (tertiary/aromatic N) is 2. The maximum absolute atomic E-state index is 10.9. The predicted molar refractivity (Wildman–Crippen MR) is 73.0 cm³/mol. The van der Waals surface area contributed by atoms with Gasteiger partial charge in [0.25, 0.3) is 0 Å². The smallest absolute Gasteiger partial charge is 0.152 e. The fourth-order valence-electron chi connectivity index (χ4n) is 1.60. The van der Waals surface area contributed by atoms with Crippen molar-refractivity contribution < 1.29 is 4.79 Å². The van der Waals surface area contributed by atoms with Gasteiger partial charge in [-0.2, -0.15) is 5.26 Å². The summed E-state index contributed by atoms with van der Waals surface area (Å²) in [5, 5.41) is 9.64. The number of carbonyl (C=O) groups excluding carboxylic acids is 1. The molecule has 4 heteroatoms. The molecule has 0 saturated carbocycles. The molecule has 1 unspecified atom stereocenters. The van der Waals surface area contributed by atoms with Gasteiger partial charge in [0.1, 0.15) is 0 Å². The minimum atomic E-state index is 0.580. The first-order valence-electron chi connectivity index (χ1n) is 5.48. The molecule has 0 fully saturated rings. The Kier molecular flexibility index (Phi) is 4.87. The zero-order valence-corrected chi connectivity index (χ0v) is 11.2. The predicted octanol–water partition coefficient (Wildman–Crippen LogP) is 3.42. The quantitative estimate of drug-likeness (QED) is 0.602. The Morgan fingerprint density at radius 2 is 2.12 bits per heavy atom. The Bertz CT molecular complexity index is 567. The average molecular weight is 246 g/mol. The zero-order valence-electron chi connectivity index (χ0n) is 10.2. The first-order valence-corrected chi connectivity index (χ1v) is 6.93. The molecule has 1 heterocycles. The van der Waals surface area contributed by atoms with Crippen molar-refractivity contribution in [2.75, 3.05) is 6.66 Å². The van der Waals surface area contributed by atoms with Gasteiger partial charge in [0.2, 0.25) is 0 Å². The zero-order chi connectivity index (χ0) is 12.8. The van der Waals surface area contributed by atoms with Crippen molar-refractivity contribution >= 4 is 25.9 Å². The maximum atomic E-state index is 10.9. The molecule has 2 aromatic rings. The molecule has 0 saturated heterocycles. The third kappa shape index (κ3) is 2.54. The molecule has 1 aromatic carbocycles. The van der Waals surface area contributed by atoms with Gasteiger partial charge in [-0.15, -0.1) is 0 Å². The SMILES string of the molecule is CC.CPn1cc(C=O)c2cc(C#N)ccc21. The first-order chi connectivity index (χ1) is 8.30. The molecule has 0 aliphatic rings. The van der Waals surface area contributed by atoms with E-state index in [1.807, 2.05) is 37.1 Å². The summed E-state index contributed by atoms with van der Waals surface area (Å²) in [6, 6.07) is 7.49. The van der Waals surface area contributed by atoms with Crippen LogP contribution in [0.2, 0.25) is 0 Å². The molecule has 0 aliphatic carbocycles. The Hall–Kier alpha value is -1.65. The Morgan fingerprint density at radius 3 is 2.65 bits per heavy atom. The van der Waals surface area contributed by atoms with E-state index >= 15 is 0 Å². The van der Waals surface area contributed by atoms with Crippen LogP contribution < -0.4 is 0 Å². The van der Waals surface area contributed by atoms with Gasteiger partial charge in [0, 0.05) is 17.1 Å². The molecule has 1 atom stereocenters. The van der Waals surface area contributed by atoms with E-state index in [4.69, 9.17) is 5.26 Å². The summed E-state index contributed by atoms with van der Waals surface area (Å²) in [5.74, 6) is 0. The second-order valence-corrected chi connectivity index (χ2v) is 4.07. The lowest BCUT2D eigenvalue weighted by Crippen LogP contribution is -1.79. The number of aromatic nitrogens is 1. The second-order valence-electron chi connectivity index (χ2n) is 3.14. The number of hydrogen-bond acceptors (Lipinski definition) is 2. The van der Waals surface area contributed by atoms with Crippen molar-refractivity contribution in [2.24, 2.45) is 0 Å². The van der Waals surface area contributed by atoms with E-state index in [0.717, 1.165) is 17.2 Å². The molecule has 0 bridgehead atoms. The molecule has 3 nitrogen and oxygen atoms in total. The Labute approximate surface area is 103 Å². The molecule has 0 aliphatic heterocycles. The average Bonchev–Trinajstić information content (AvgIpc) is 2.77. The van der Waals surface area contributed by atoms with Crippen LogP contribution in [-0.4, -0.2) is 17.3 Å². The fourth-order valence-corrected chi connectivity index (χ4v) is 2.31. The summed E-state index contributed by atoms with van der Waals surface area (Å²) in [7, 11) is 0.580. The van der Waals surface area contributed by atoms with Gasteiger partial charge >= 0.3 is 0 Å². The molecule has 1 aromatic heterocycles. The maximum Gasteiger partial charge on any atom is 0.152 e. The van der Waals surface area contributed by atoms with Gasteiger partial charge in [-0.3, -0.25) is 4.79 Å². The molecule has 0 radical (unpaired) electrons. The molecular formula is C13H15N2OP. The molecule has 0 spiro atoms. The van der Waals surface area contributed by atoms with Crippen molar-refractivity contribution in [2.45, 2.75) is 13.8 Å². The molecule has 88 valence electrons. The van der Waals surface area contributed by atoms with E-state index in [9.17, 15) is 4.79 Å². The van der Waals surface area contributed by atoms with E-state index in [-0.39, 0.29) is 0 Å². The summed E-state index contributed by atoms with van der Waals surface area (Å²) >= 11 is 0. The van der Waals surface area contributed by atoms with Crippen molar-refractivity contribution in [1.82, 2.24) is 4.34 Å². The largest absolute Gasteiger partial charge is 0.328 e. The van der Waals surface area contributed by atoms with Crippen LogP contribution in [0.3, 0.4) is 0 Å². The third-order valence-electron chi connectivity index (χ3n) is 2.33. The minimum absolute atomic E-state index is 0.580. The van der Waals surface area contributed by atoms with Gasteiger partial charge in [-0.1, -0.05) is 13.8 Å². The van der Waals surface area contributed by atoms with Gasteiger partial charge in [0.05, 0.1) is 17.1 Å². The highest BCUT2D eigenvalue weighted by atomic mass is 31.1. The molecule has 17 heavy (non-hydrogen) atoms. The third-order valence-corrected chi connectivity index (χ3v) is 3.18. The summed E-state index contributed by atoms with van der Waals surface area (Å²) in [4.78, 5) is 10.9. The highest BCUT2D eigenvalue weighted by Crippen LogP contribution is 2.26. The number of hydrogen-bond donors (Lipinski definition) is 0. The van der Waals surface area contributed by atoms with Crippen molar-refractivity contribution in [3.8, 4) is 6.07 Å². The summed E-state index contributed by atoms with van der Waals surface area (Å²) in [6.45, 7) is 6.05. The topological polar surface area (TPSA) is 45.8 Å². The van der Waals surface area contributed by atoms with Crippen molar-refractivity contribution in [3.63, 3.8) is 0 Å². The number of nitriles is 1. The fraction of sp³-hybridized carbons (Fsp3) is 0.231. The van der Waals surface area contributed by atoms with Crippen LogP contribution in [0.4, 0.5) is 0 Å². The number of aldehydes is 1. The van der Waals surface area contributed by atoms with Gasteiger partial charge in [-0.25, -0.2) is 0 Å². The van der Waals surface area contributed by atoms with Crippen LogP contribution in [0, 0.1) is 11.3 Å². The Morgan fingerprint density at radius 1 is 1.41 bits per heavy atom. The lowest BCUT2D eigenvalue weighted by atomic mass is 10.1. The van der Waals surface area contributed by atoms with Gasteiger partial charge in [-0.05, 0) is 33.6 Å². The normalized spacial score (nSPS) is 10.0. The summed E-state index contributed by atoms with van der Waals surface area (Å²) in [5.41, 5.74) is 2.25. The summed E-state index contributed by atoms with van der Waals surface area (Å²) in [6.07, 6.45) is 2.66. The first kappa shape index (κ1) is 13.4. The van der Waals surface area contributed by atoms with E-state index in [2.05, 4.69) is 6.07 Å². The van der Waals surface area contributed by atoms with Gasteiger partial charge < -0.3 is 4.34 Å². The van der Waals surface area contributed by atoms with Crippen LogP contribution in [0.15, 0.2) is 24.4 Å². The minimum Gasteiger partial charge on any atom is -0.328 e. The highest BCUT2D eigenvalue weighted by molar-refractivity contribution is 7.35. The monoisotopic (exact) mass is 246 g/mol.